The monoisotopic (exact) mass is 396 g/mol. The van der Waals surface area contributed by atoms with Crippen molar-refractivity contribution in [3.8, 4) is 0 Å². The minimum Gasteiger partial charge on any atom is -0.454 e. The van der Waals surface area contributed by atoms with Crippen molar-refractivity contribution in [2.24, 2.45) is 0 Å². The van der Waals surface area contributed by atoms with E-state index in [4.69, 9.17) is 4.74 Å². The molecule has 0 bridgehead atoms. The molecule has 2 aromatic rings. The van der Waals surface area contributed by atoms with Gasteiger partial charge in [0.15, 0.2) is 12.4 Å². The summed E-state index contributed by atoms with van der Waals surface area (Å²) in [5, 5.41) is 13.8. The van der Waals surface area contributed by atoms with Gasteiger partial charge in [-0.05, 0) is 36.5 Å². The number of nitro groups is 1. The third kappa shape index (κ3) is 4.99. The van der Waals surface area contributed by atoms with Crippen LogP contribution in [0.15, 0.2) is 42.5 Å². The van der Waals surface area contributed by atoms with Crippen molar-refractivity contribution < 1.29 is 19.2 Å². The first-order chi connectivity index (χ1) is 14.0. The van der Waals surface area contributed by atoms with Crippen LogP contribution >= 0.6 is 0 Å². The van der Waals surface area contributed by atoms with E-state index in [0.717, 1.165) is 6.07 Å². The summed E-state index contributed by atoms with van der Waals surface area (Å²) >= 11 is 0. The predicted molar refractivity (Wildman–Crippen MR) is 110 cm³/mol. The number of carbonyl (C=O) groups is 2. The van der Waals surface area contributed by atoms with Crippen molar-refractivity contribution in [3.05, 3.63) is 69.3 Å². The maximum Gasteiger partial charge on any atom is 0.338 e. The first-order valence-corrected chi connectivity index (χ1v) is 9.76. The number of nitrogens with zero attached hydrogens (tertiary/aromatic N) is 1. The zero-order valence-electron chi connectivity index (χ0n) is 16.3. The smallest absolute Gasteiger partial charge is 0.338 e. The molecular weight excluding hydrogens is 372 g/mol. The number of carbonyl (C=O) groups excluding carboxylic acids is 2. The fourth-order valence-electron chi connectivity index (χ4n) is 3.70. The highest BCUT2D eigenvalue weighted by molar-refractivity contribution is 5.99. The second-order valence-corrected chi connectivity index (χ2v) is 7.20. The quantitative estimate of drug-likeness (QED) is 0.315. The van der Waals surface area contributed by atoms with Crippen LogP contribution in [-0.4, -0.2) is 30.3 Å². The summed E-state index contributed by atoms with van der Waals surface area (Å²) in [5.74, 6) is -0.528. The fraction of sp³-hybridized carbons (Fsp3) is 0.364. The SMILES string of the molecule is CNc1ccc(C(=O)OCC(=O)c2ccc(C3CCCCC3)cc2)cc1[N+](=O)[O-]. The van der Waals surface area contributed by atoms with Gasteiger partial charge in [-0.15, -0.1) is 0 Å². The molecule has 1 fully saturated rings. The van der Waals surface area contributed by atoms with Gasteiger partial charge in [0.2, 0.25) is 0 Å². The van der Waals surface area contributed by atoms with Gasteiger partial charge < -0.3 is 10.1 Å². The standard InChI is InChI=1S/C22H24N2O5/c1-23-19-12-11-18(13-20(19)24(27)28)22(26)29-14-21(25)17-9-7-16(8-10-17)15-5-3-2-4-6-15/h7-13,15,23H,2-6,14H2,1H3. The molecule has 7 nitrogen and oxygen atoms in total. The summed E-state index contributed by atoms with van der Waals surface area (Å²) in [7, 11) is 1.55. The van der Waals surface area contributed by atoms with Crippen molar-refractivity contribution in [1.82, 2.24) is 0 Å². The Labute approximate surface area is 169 Å². The number of esters is 1. The molecule has 0 aromatic heterocycles. The molecule has 0 atom stereocenters. The molecule has 0 spiro atoms. The second-order valence-electron chi connectivity index (χ2n) is 7.20. The average molecular weight is 396 g/mol. The van der Waals surface area contributed by atoms with Crippen LogP contribution in [0, 0.1) is 10.1 Å². The fourth-order valence-corrected chi connectivity index (χ4v) is 3.70. The van der Waals surface area contributed by atoms with Crippen molar-refractivity contribution in [3.63, 3.8) is 0 Å². The molecule has 0 amide bonds. The summed E-state index contributed by atoms with van der Waals surface area (Å²) in [6.45, 7) is -0.414. The summed E-state index contributed by atoms with van der Waals surface area (Å²) in [4.78, 5) is 35.1. The van der Waals surface area contributed by atoms with Crippen molar-refractivity contribution in [1.29, 1.82) is 0 Å². The molecule has 1 N–H and O–H groups in total. The maximum atomic E-state index is 12.3. The van der Waals surface area contributed by atoms with Crippen LogP contribution < -0.4 is 5.32 Å². The zero-order chi connectivity index (χ0) is 20.8. The number of nitro benzene ring substituents is 1. The molecule has 0 heterocycles. The number of anilines is 1. The van der Waals surface area contributed by atoms with Crippen LogP contribution in [0.2, 0.25) is 0 Å². The molecule has 1 aliphatic carbocycles. The Morgan fingerprint density at radius 3 is 2.34 bits per heavy atom. The Morgan fingerprint density at radius 1 is 1.07 bits per heavy atom. The molecule has 0 radical (unpaired) electrons. The summed E-state index contributed by atoms with van der Waals surface area (Å²) in [5.41, 5.74) is 1.81. The number of ketones is 1. The highest BCUT2D eigenvalue weighted by Gasteiger charge is 2.19. The maximum absolute atomic E-state index is 12.3. The van der Waals surface area contributed by atoms with Crippen LogP contribution in [0.5, 0.6) is 0 Å². The Kier molecular flexibility index (Phi) is 6.59. The molecule has 0 aliphatic heterocycles. The number of nitrogens with one attached hydrogen (secondary N) is 1. The highest BCUT2D eigenvalue weighted by atomic mass is 16.6. The van der Waals surface area contributed by atoms with Gasteiger partial charge in [-0.25, -0.2) is 4.79 Å². The van der Waals surface area contributed by atoms with E-state index < -0.39 is 17.5 Å². The molecule has 1 saturated carbocycles. The van der Waals surface area contributed by atoms with Crippen LogP contribution in [0.25, 0.3) is 0 Å². The van der Waals surface area contributed by atoms with E-state index >= 15 is 0 Å². The lowest BCUT2D eigenvalue weighted by molar-refractivity contribution is -0.384. The summed E-state index contributed by atoms with van der Waals surface area (Å²) < 4.78 is 5.07. The minimum absolute atomic E-state index is 0.0242. The normalized spacial score (nSPS) is 14.2. The number of rotatable bonds is 7. The van der Waals surface area contributed by atoms with Crippen molar-refractivity contribution in [2.45, 2.75) is 38.0 Å². The number of hydrogen-bond acceptors (Lipinski definition) is 6. The van der Waals surface area contributed by atoms with Gasteiger partial charge in [0.05, 0.1) is 10.5 Å². The number of ether oxygens (including phenoxy) is 1. The van der Waals surface area contributed by atoms with Gasteiger partial charge in [-0.3, -0.25) is 14.9 Å². The molecule has 1 aliphatic rings. The average Bonchev–Trinajstić information content (AvgIpc) is 2.77. The van der Waals surface area contributed by atoms with Gasteiger partial charge in [0, 0.05) is 18.7 Å². The minimum atomic E-state index is -0.775. The summed E-state index contributed by atoms with van der Waals surface area (Å²) in [6, 6.07) is 11.5. The van der Waals surface area contributed by atoms with E-state index in [2.05, 4.69) is 5.32 Å². The lowest BCUT2D eigenvalue weighted by atomic mass is 9.84. The van der Waals surface area contributed by atoms with Gasteiger partial charge >= 0.3 is 5.97 Å². The summed E-state index contributed by atoms with van der Waals surface area (Å²) in [6.07, 6.45) is 6.15. The van der Waals surface area contributed by atoms with Gasteiger partial charge in [0.1, 0.15) is 5.69 Å². The first kappa shape index (κ1) is 20.5. The molecule has 7 heteroatoms. The highest BCUT2D eigenvalue weighted by Crippen LogP contribution is 2.32. The molecule has 0 saturated heterocycles. The van der Waals surface area contributed by atoms with E-state index in [-0.39, 0.29) is 17.0 Å². The molecule has 29 heavy (non-hydrogen) atoms. The Hall–Kier alpha value is -3.22. The molecule has 3 rings (SSSR count). The molecule has 2 aromatic carbocycles. The van der Waals surface area contributed by atoms with Gasteiger partial charge in [0.25, 0.3) is 5.69 Å². The third-order valence-corrected chi connectivity index (χ3v) is 5.34. The van der Waals surface area contributed by atoms with Gasteiger partial charge in [-0.1, -0.05) is 43.5 Å². The molecule has 0 unspecified atom stereocenters. The van der Waals surface area contributed by atoms with Gasteiger partial charge in [-0.2, -0.15) is 0 Å². The van der Waals surface area contributed by atoms with E-state index in [1.165, 1.54) is 49.8 Å². The topological polar surface area (TPSA) is 98.5 Å². The Bertz CT molecular complexity index is 902. The van der Waals surface area contributed by atoms with Crippen LogP contribution in [-0.2, 0) is 4.74 Å². The Morgan fingerprint density at radius 2 is 1.72 bits per heavy atom. The van der Waals surface area contributed by atoms with Crippen molar-refractivity contribution in [2.75, 3.05) is 19.0 Å². The van der Waals surface area contributed by atoms with E-state index in [9.17, 15) is 19.7 Å². The largest absolute Gasteiger partial charge is 0.454 e. The van der Waals surface area contributed by atoms with Crippen molar-refractivity contribution >= 4 is 23.1 Å². The molecule has 152 valence electrons. The van der Waals surface area contributed by atoms with E-state index in [1.807, 2.05) is 12.1 Å². The van der Waals surface area contributed by atoms with Crippen LogP contribution in [0.3, 0.4) is 0 Å². The van der Waals surface area contributed by atoms with E-state index in [0.29, 0.717) is 17.2 Å². The lowest BCUT2D eigenvalue weighted by Gasteiger charge is -2.22. The number of benzene rings is 2. The number of Topliss-reactive ketones (excluding diaryl/α,β-unsaturated/α-hetero) is 1. The first-order valence-electron chi connectivity index (χ1n) is 9.76. The second kappa shape index (κ2) is 9.32. The zero-order valence-corrected chi connectivity index (χ0v) is 16.3. The predicted octanol–water partition coefficient (Wildman–Crippen LogP) is 4.72. The van der Waals surface area contributed by atoms with E-state index in [1.54, 1.807) is 19.2 Å². The molecular formula is C22H24N2O5. The number of hydrogen-bond donors (Lipinski definition) is 1. The Balaban J connectivity index is 1.60. The van der Waals surface area contributed by atoms with Crippen LogP contribution in [0.4, 0.5) is 11.4 Å². The third-order valence-electron chi connectivity index (χ3n) is 5.34. The lowest BCUT2D eigenvalue weighted by Crippen LogP contribution is -2.15. The van der Waals surface area contributed by atoms with Crippen LogP contribution in [0.1, 0.15) is 64.3 Å².